The molecule has 152 valence electrons. The predicted molar refractivity (Wildman–Crippen MR) is 96.0 cm³/mol. The van der Waals surface area contributed by atoms with E-state index in [1.54, 1.807) is 30.3 Å². The summed E-state index contributed by atoms with van der Waals surface area (Å²) in [4.78, 5) is 29.2. The average molecular weight is 422 g/mol. The van der Waals surface area contributed by atoms with Crippen LogP contribution < -0.4 is 4.72 Å². The summed E-state index contributed by atoms with van der Waals surface area (Å²) in [6, 6.07) is 6.59. The first-order chi connectivity index (χ1) is 12.6. The van der Waals surface area contributed by atoms with Gasteiger partial charge in [0.2, 0.25) is 0 Å². The Hall–Kier alpha value is -1.33. The maximum absolute atomic E-state index is 12.7. The Labute approximate surface area is 157 Å². The molecular weight excluding hydrogens is 399 g/mol. The van der Waals surface area contributed by atoms with E-state index in [0.717, 1.165) is 9.87 Å². The Balaban J connectivity index is 2.18. The fourth-order valence-corrected chi connectivity index (χ4v) is 4.92. The second-order valence-electron chi connectivity index (χ2n) is 6.26. The molecule has 0 spiro atoms. The van der Waals surface area contributed by atoms with Crippen molar-refractivity contribution in [2.24, 2.45) is 0 Å². The third-order valence-corrected chi connectivity index (χ3v) is 6.30. The summed E-state index contributed by atoms with van der Waals surface area (Å²) >= 11 is 0. The van der Waals surface area contributed by atoms with Gasteiger partial charge in [0.1, 0.15) is 6.04 Å². The molecule has 0 aromatic heterocycles. The minimum atomic E-state index is -4.79. The molecule has 1 aliphatic rings. The summed E-state index contributed by atoms with van der Waals surface area (Å²) in [6.07, 6.45) is 1.47. The number of carboxylic acids is 1. The van der Waals surface area contributed by atoms with Gasteiger partial charge >= 0.3 is 13.8 Å². The number of phosphoric acid groups is 1. The molecule has 0 saturated carbocycles. The highest BCUT2D eigenvalue weighted by molar-refractivity contribution is 7.87. The van der Waals surface area contributed by atoms with Crippen molar-refractivity contribution >= 4 is 24.0 Å². The van der Waals surface area contributed by atoms with Crippen LogP contribution >= 0.6 is 7.82 Å². The summed E-state index contributed by atoms with van der Waals surface area (Å²) in [5.74, 6) is -1.23. The number of hydrogen-bond acceptors (Lipinski definition) is 5. The van der Waals surface area contributed by atoms with Crippen molar-refractivity contribution in [3.05, 3.63) is 35.9 Å². The van der Waals surface area contributed by atoms with E-state index in [0.29, 0.717) is 12.8 Å². The largest absolute Gasteiger partial charge is 0.480 e. The molecule has 0 amide bonds. The van der Waals surface area contributed by atoms with Crippen LogP contribution in [0.2, 0.25) is 0 Å². The van der Waals surface area contributed by atoms with Gasteiger partial charge < -0.3 is 14.9 Å². The topological polar surface area (TPSA) is 153 Å². The average Bonchev–Trinajstić information content (AvgIpc) is 2.60. The standard InChI is InChI=1S/C15H23N2O8PS/c18-15(19)14-8-4-5-9-17(14)27(23,24)16-13(11-25-26(20,21)22)10-12-6-2-1-3-7-12/h1-3,6-7,13-14,16H,4-5,8-11H2,(H,18,19)(H2,20,21,22). The van der Waals surface area contributed by atoms with Gasteiger partial charge in [0.25, 0.3) is 10.2 Å². The zero-order valence-corrected chi connectivity index (χ0v) is 16.2. The van der Waals surface area contributed by atoms with E-state index in [9.17, 15) is 22.9 Å². The van der Waals surface area contributed by atoms with E-state index in [4.69, 9.17) is 9.79 Å². The van der Waals surface area contributed by atoms with Gasteiger partial charge in [0.15, 0.2) is 0 Å². The molecule has 27 heavy (non-hydrogen) atoms. The molecule has 1 aromatic carbocycles. The SMILES string of the molecule is O=C(O)C1CCCCN1S(=O)(=O)NC(COP(=O)(O)O)Cc1ccccc1. The molecule has 2 atom stereocenters. The van der Waals surface area contributed by atoms with E-state index in [1.165, 1.54) is 0 Å². The monoisotopic (exact) mass is 422 g/mol. The molecule has 1 saturated heterocycles. The van der Waals surface area contributed by atoms with Gasteiger partial charge in [-0.25, -0.2) is 4.57 Å². The van der Waals surface area contributed by atoms with Crippen molar-refractivity contribution in [3.63, 3.8) is 0 Å². The third-order valence-electron chi connectivity index (χ3n) is 4.13. The van der Waals surface area contributed by atoms with Gasteiger partial charge in [-0.1, -0.05) is 30.3 Å². The number of nitrogens with one attached hydrogen (secondary N) is 1. The first kappa shape index (κ1) is 22.0. The Bertz CT molecular complexity index is 782. The van der Waals surface area contributed by atoms with Gasteiger partial charge in [0, 0.05) is 6.54 Å². The van der Waals surface area contributed by atoms with Gasteiger partial charge in [-0.15, -0.1) is 0 Å². The van der Waals surface area contributed by atoms with Crippen molar-refractivity contribution in [1.29, 1.82) is 0 Å². The van der Waals surface area contributed by atoms with Crippen LogP contribution in [0.1, 0.15) is 24.8 Å². The maximum atomic E-state index is 12.7. The van der Waals surface area contributed by atoms with Crippen LogP contribution in [0.4, 0.5) is 0 Å². The molecule has 1 aliphatic heterocycles. The summed E-state index contributed by atoms with van der Waals surface area (Å²) in [7, 11) is -8.99. The van der Waals surface area contributed by atoms with E-state index < -0.39 is 42.7 Å². The number of carbonyl (C=O) groups is 1. The summed E-state index contributed by atoms with van der Waals surface area (Å²) < 4.78 is 44.2. The summed E-state index contributed by atoms with van der Waals surface area (Å²) in [5, 5.41) is 9.29. The minimum absolute atomic E-state index is 0.0592. The van der Waals surface area contributed by atoms with Crippen molar-refractivity contribution in [2.75, 3.05) is 13.2 Å². The lowest BCUT2D eigenvalue weighted by Crippen LogP contribution is -2.55. The first-order valence-electron chi connectivity index (χ1n) is 8.34. The van der Waals surface area contributed by atoms with Crippen molar-refractivity contribution in [2.45, 2.75) is 37.8 Å². The highest BCUT2D eigenvalue weighted by Gasteiger charge is 2.38. The Kier molecular flexibility index (Phi) is 7.52. The molecule has 1 heterocycles. The smallest absolute Gasteiger partial charge is 0.469 e. The predicted octanol–water partition coefficient (Wildman–Crippen LogP) is 0.481. The zero-order valence-electron chi connectivity index (χ0n) is 14.5. The van der Waals surface area contributed by atoms with Crippen LogP contribution in [0.3, 0.4) is 0 Å². The molecule has 2 unspecified atom stereocenters. The lowest BCUT2D eigenvalue weighted by molar-refractivity contribution is -0.142. The molecule has 0 aliphatic carbocycles. The fourth-order valence-electron chi connectivity index (χ4n) is 2.94. The second kappa shape index (κ2) is 9.24. The molecule has 12 heteroatoms. The lowest BCUT2D eigenvalue weighted by Gasteiger charge is -2.33. The van der Waals surface area contributed by atoms with Gasteiger partial charge in [-0.05, 0) is 31.2 Å². The number of aliphatic carboxylic acids is 1. The van der Waals surface area contributed by atoms with Crippen molar-refractivity contribution in [1.82, 2.24) is 9.03 Å². The van der Waals surface area contributed by atoms with Crippen molar-refractivity contribution < 1.29 is 37.2 Å². The number of phosphoric ester groups is 1. The number of rotatable bonds is 9. The number of carboxylic acid groups (broad SMARTS) is 1. The summed E-state index contributed by atoms with van der Waals surface area (Å²) in [5.41, 5.74) is 0.730. The zero-order chi connectivity index (χ0) is 20.1. The highest BCUT2D eigenvalue weighted by atomic mass is 32.2. The summed E-state index contributed by atoms with van der Waals surface area (Å²) in [6.45, 7) is -0.506. The molecule has 1 fully saturated rings. The Morgan fingerprint density at radius 1 is 1.30 bits per heavy atom. The molecule has 2 rings (SSSR count). The van der Waals surface area contributed by atoms with Crippen LogP contribution in [0.5, 0.6) is 0 Å². The minimum Gasteiger partial charge on any atom is -0.480 e. The second-order valence-corrected chi connectivity index (χ2v) is 9.15. The number of nitrogens with zero attached hydrogens (tertiary/aromatic N) is 1. The Morgan fingerprint density at radius 3 is 2.56 bits per heavy atom. The van der Waals surface area contributed by atoms with Crippen LogP contribution in [0, 0.1) is 0 Å². The highest BCUT2D eigenvalue weighted by Crippen LogP contribution is 2.36. The molecule has 10 nitrogen and oxygen atoms in total. The molecule has 1 aromatic rings. The quantitative estimate of drug-likeness (QED) is 0.419. The lowest BCUT2D eigenvalue weighted by atomic mass is 10.1. The van der Waals surface area contributed by atoms with Crippen LogP contribution in [0.25, 0.3) is 0 Å². The molecule has 0 bridgehead atoms. The maximum Gasteiger partial charge on any atom is 0.469 e. The van der Waals surface area contributed by atoms with E-state index in [1.807, 2.05) is 0 Å². The molecular formula is C15H23N2O8PS. The molecule has 0 radical (unpaired) electrons. The van der Waals surface area contributed by atoms with E-state index in [2.05, 4.69) is 9.25 Å². The third kappa shape index (κ3) is 6.96. The first-order valence-corrected chi connectivity index (χ1v) is 11.3. The van der Waals surface area contributed by atoms with E-state index >= 15 is 0 Å². The van der Waals surface area contributed by atoms with E-state index in [-0.39, 0.29) is 19.4 Å². The number of hydrogen-bond donors (Lipinski definition) is 4. The Morgan fingerprint density at radius 2 is 1.96 bits per heavy atom. The fraction of sp³-hybridized carbons (Fsp3) is 0.533. The number of benzene rings is 1. The van der Waals surface area contributed by atoms with Gasteiger partial charge in [-0.2, -0.15) is 17.4 Å². The van der Waals surface area contributed by atoms with Crippen LogP contribution in [-0.4, -0.2) is 58.8 Å². The van der Waals surface area contributed by atoms with Crippen molar-refractivity contribution in [3.8, 4) is 0 Å². The van der Waals surface area contributed by atoms with Gasteiger partial charge in [0.05, 0.1) is 12.6 Å². The normalized spacial score (nSPS) is 20.3. The molecule has 4 N–H and O–H groups in total. The van der Waals surface area contributed by atoms with Crippen LogP contribution in [0.15, 0.2) is 30.3 Å². The van der Waals surface area contributed by atoms with Crippen LogP contribution in [-0.2, 0) is 30.5 Å². The number of piperidine rings is 1. The van der Waals surface area contributed by atoms with Gasteiger partial charge in [-0.3, -0.25) is 9.32 Å².